The van der Waals surface area contributed by atoms with Gasteiger partial charge >= 0.3 is 0 Å². The predicted molar refractivity (Wildman–Crippen MR) is 75.8 cm³/mol. The number of nitro benzene ring substituents is 1. The Morgan fingerprint density at radius 3 is 2.75 bits per heavy atom. The van der Waals surface area contributed by atoms with E-state index < -0.39 is 10.8 Å². The van der Waals surface area contributed by atoms with E-state index in [1.54, 1.807) is 0 Å². The first-order valence-electron chi connectivity index (χ1n) is 5.20. The molecule has 0 saturated carbocycles. The average molecular weight is 358 g/mol. The fraction of sp³-hybridized carbons (Fsp3) is 0. The molecule has 20 heavy (non-hydrogen) atoms. The van der Waals surface area contributed by atoms with Gasteiger partial charge in [-0.15, -0.1) is 0 Å². The molecule has 0 spiro atoms. The maximum Gasteiger partial charge on any atom is 0.284 e. The number of carbonyl (C=O) groups excluding carboxylic acids is 1. The van der Waals surface area contributed by atoms with E-state index >= 15 is 0 Å². The molecule has 0 bridgehead atoms. The number of aromatic nitrogens is 2. The van der Waals surface area contributed by atoms with Gasteiger partial charge < -0.3 is 5.32 Å². The van der Waals surface area contributed by atoms with Gasteiger partial charge in [0.1, 0.15) is 17.3 Å². The Kier molecular flexibility index (Phi) is 4.26. The van der Waals surface area contributed by atoms with Crippen molar-refractivity contribution in [3.8, 4) is 0 Å². The molecule has 9 heteroatoms. The molecule has 0 aliphatic carbocycles. The number of nitro groups is 1. The van der Waals surface area contributed by atoms with Crippen molar-refractivity contribution in [2.45, 2.75) is 0 Å². The van der Waals surface area contributed by atoms with Crippen molar-refractivity contribution in [1.82, 2.24) is 9.97 Å². The molecule has 0 radical (unpaired) electrons. The second-order valence-electron chi connectivity index (χ2n) is 3.60. The van der Waals surface area contributed by atoms with E-state index in [2.05, 4.69) is 31.2 Å². The van der Waals surface area contributed by atoms with Crippen LogP contribution in [0.3, 0.4) is 0 Å². The van der Waals surface area contributed by atoms with Crippen LogP contribution in [0.4, 0.5) is 11.5 Å². The standard InChI is InChI=1S/C11H6BrClN4O3/c12-7-2-1-6(3-8(7)17(19)20)11(18)16-10-4-9(13)14-5-15-10/h1-5H,(H,14,15,16,18). The van der Waals surface area contributed by atoms with Crippen LogP contribution in [0, 0.1) is 10.1 Å². The molecule has 2 aromatic rings. The van der Waals surface area contributed by atoms with Crippen molar-refractivity contribution in [3.63, 3.8) is 0 Å². The largest absolute Gasteiger partial charge is 0.306 e. The Morgan fingerprint density at radius 2 is 2.10 bits per heavy atom. The summed E-state index contributed by atoms with van der Waals surface area (Å²) in [5.74, 6) is -0.323. The molecule has 1 aromatic heterocycles. The lowest BCUT2D eigenvalue weighted by molar-refractivity contribution is -0.385. The molecule has 1 N–H and O–H groups in total. The first-order valence-corrected chi connectivity index (χ1v) is 6.37. The van der Waals surface area contributed by atoms with Crippen molar-refractivity contribution in [1.29, 1.82) is 0 Å². The summed E-state index contributed by atoms with van der Waals surface area (Å²) in [6.07, 6.45) is 1.20. The van der Waals surface area contributed by atoms with Crippen LogP contribution in [0.5, 0.6) is 0 Å². The van der Waals surface area contributed by atoms with Gasteiger partial charge in [0.05, 0.1) is 9.40 Å². The number of carbonyl (C=O) groups is 1. The van der Waals surface area contributed by atoms with Crippen LogP contribution in [0.1, 0.15) is 10.4 Å². The number of halogens is 2. The molecular formula is C11H6BrClN4O3. The van der Waals surface area contributed by atoms with Gasteiger partial charge in [-0.2, -0.15) is 0 Å². The van der Waals surface area contributed by atoms with Crippen LogP contribution in [0.25, 0.3) is 0 Å². The van der Waals surface area contributed by atoms with Gasteiger partial charge in [0.15, 0.2) is 0 Å². The molecule has 102 valence electrons. The highest BCUT2D eigenvalue weighted by Gasteiger charge is 2.16. The Labute approximate surface area is 126 Å². The van der Waals surface area contributed by atoms with Gasteiger partial charge in [0.25, 0.3) is 11.6 Å². The first kappa shape index (κ1) is 14.4. The lowest BCUT2D eigenvalue weighted by atomic mass is 10.2. The van der Waals surface area contributed by atoms with Crippen molar-refractivity contribution >= 4 is 44.9 Å². The third-order valence-corrected chi connectivity index (χ3v) is 3.16. The molecule has 0 fully saturated rings. The van der Waals surface area contributed by atoms with Crippen LogP contribution in [0.2, 0.25) is 5.15 Å². The number of hydrogen-bond acceptors (Lipinski definition) is 5. The number of benzene rings is 1. The highest BCUT2D eigenvalue weighted by molar-refractivity contribution is 9.10. The summed E-state index contributed by atoms with van der Waals surface area (Å²) in [6.45, 7) is 0. The SMILES string of the molecule is O=C(Nc1cc(Cl)ncn1)c1ccc(Br)c([N+](=O)[O-])c1. The second-order valence-corrected chi connectivity index (χ2v) is 4.84. The normalized spacial score (nSPS) is 10.1. The second kappa shape index (κ2) is 5.93. The van der Waals surface area contributed by atoms with Gasteiger partial charge in [-0.1, -0.05) is 11.6 Å². The Balaban J connectivity index is 2.26. The van der Waals surface area contributed by atoms with Gasteiger partial charge in [-0.05, 0) is 28.1 Å². The highest BCUT2D eigenvalue weighted by Crippen LogP contribution is 2.26. The molecule has 2 rings (SSSR count). The van der Waals surface area contributed by atoms with Crippen LogP contribution < -0.4 is 5.32 Å². The zero-order chi connectivity index (χ0) is 14.7. The number of anilines is 1. The van der Waals surface area contributed by atoms with Gasteiger partial charge in [0, 0.05) is 17.7 Å². The van der Waals surface area contributed by atoms with Gasteiger partial charge in [-0.3, -0.25) is 14.9 Å². The van der Waals surface area contributed by atoms with Crippen LogP contribution in [-0.4, -0.2) is 20.8 Å². The summed E-state index contributed by atoms with van der Waals surface area (Å²) in [7, 11) is 0. The molecule has 0 saturated heterocycles. The highest BCUT2D eigenvalue weighted by atomic mass is 79.9. The summed E-state index contributed by atoms with van der Waals surface area (Å²) in [4.78, 5) is 29.7. The van der Waals surface area contributed by atoms with Crippen molar-refractivity contribution in [3.05, 3.63) is 55.9 Å². The van der Waals surface area contributed by atoms with Gasteiger partial charge in [-0.25, -0.2) is 9.97 Å². The summed E-state index contributed by atoms with van der Waals surface area (Å²) in [6, 6.07) is 5.42. The molecule has 1 amide bonds. The molecular weight excluding hydrogens is 352 g/mol. The Hall–Kier alpha value is -2.06. The summed E-state index contributed by atoms with van der Waals surface area (Å²) in [5, 5.41) is 13.5. The van der Waals surface area contributed by atoms with Gasteiger partial charge in [0.2, 0.25) is 0 Å². The maximum atomic E-state index is 12.0. The molecule has 0 aliphatic rings. The minimum Gasteiger partial charge on any atom is -0.306 e. The third kappa shape index (κ3) is 3.28. The lowest BCUT2D eigenvalue weighted by Gasteiger charge is -2.04. The van der Waals surface area contributed by atoms with Crippen molar-refractivity contribution < 1.29 is 9.72 Å². The predicted octanol–water partition coefficient (Wildman–Crippen LogP) is 3.05. The van der Waals surface area contributed by atoms with E-state index in [1.165, 1.54) is 30.6 Å². The first-order chi connectivity index (χ1) is 9.47. The van der Waals surface area contributed by atoms with E-state index in [1.807, 2.05) is 0 Å². The number of hydrogen-bond donors (Lipinski definition) is 1. The van der Waals surface area contributed by atoms with Crippen LogP contribution in [-0.2, 0) is 0 Å². The van der Waals surface area contributed by atoms with E-state index in [-0.39, 0.29) is 22.2 Å². The summed E-state index contributed by atoms with van der Waals surface area (Å²) in [5.41, 5.74) is -0.0620. The fourth-order valence-corrected chi connectivity index (χ4v) is 1.92. The zero-order valence-corrected chi connectivity index (χ0v) is 12.1. The fourth-order valence-electron chi connectivity index (χ4n) is 1.38. The molecule has 0 atom stereocenters. The smallest absolute Gasteiger partial charge is 0.284 e. The number of nitrogens with zero attached hydrogens (tertiary/aromatic N) is 3. The topological polar surface area (TPSA) is 98.0 Å². The van der Waals surface area contributed by atoms with E-state index in [9.17, 15) is 14.9 Å². The Bertz CT molecular complexity index is 695. The average Bonchev–Trinajstić information content (AvgIpc) is 2.38. The quantitative estimate of drug-likeness (QED) is 0.517. The van der Waals surface area contributed by atoms with Crippen molar-refractivity contribution in [2.24, 2.45) is 0 Å². The number of nitrogens with one attached hydrogen (secondary N) is 1. The lowest BCUT2D eigenvalue weighted by Crippen LogP contribution is -2.13. The van der Waals surface area contributed by atoms with Crippen LogP contribution in [0.15, 0.2) is 35.1 Å². The summed E-state index contributed by atoms with van der Waals surface area (Å²) < 4.78 is 0.295. The summed E-state index contributed by atoms with van der Waals surface area (Å²) >= 11 is 8.71. The van der Waals surface area contributed by atoms with Crippen LogP contribution >= 0.6 is 27.5 Å². The minimum atomic E-state index is -0.581. The minimum absolute atomic E-state index is 0.134. The maximum absolute atomic E-state index is 12.0. The molecule has 7 nitrogen and oxygen atoms in total. The number of rotatable bonds is 3. The number of amides is 1. The molecule has 1 aromatic carbocycles. The Morgan fingerprint density at radius 1 is 1.35 bits per heavy atom. The zero-order valence-electron chi connectivity index (χ0n) is 9.71. The molecule has 1 heterocycles. The molecule has 0 aliphatic heterocycles. The molecule has 0 unspecified atom stereocenters. The van der Waals surface area contributed by atoms with Crippen molar-refractivity contribution in [2.75, 3.05) is 5.32 Å². The van der Waals surface area contributed by atoms with E-state index in [0.29, 0.717) is 4.47 Å². The van der Waals surface area contributed by atoms with E-state index in [0.717, 1.165) is 0 Å². The third-order valence-electron chi connectivity index (χ3n) is 2.28. The monoisotopic (exact) mass is 356 g/mol. The van der Waals surface area contributed by atoms with E-state index in [4.69, 9.17) is 11.6 Å².